The van der Waals surface area contributed by atoms with Crippen molar-refractivity contribution in [2.75, 3.05) is 0 Å². The van der Waals surface area contributed by atoms with Gasteiger partial charge in [-0.1, -0.05) is 35.9 Å². The zero-order valence-electron chi connectivity index (χ0n) is 11.1. The molecule has 0 bridgehead atoms. The summed E-state index contributed by atoms with van der Waals surface area (Å²) in [6.07, 6.45) is 1.17. The van der Waals surface area contributed by atoms with E-state index in [4.69, 9.17) is 22.1 Å². The third kappa shape index (κ3) is 2.46. The molecule has 1 aliphatic heterocycles. The first-order chi connectivity index (χ1) is 9.56. The Morgan fingerprint density at radius 3 is 2.95 bits per heavy atom. The monoisotopic (exact) mass is 351 g/mol. The van der Waals surface area contributed by atoms with Crippen molar-refractivity contribution in [3.63, 3.8) is 0 Å². The van der Waals surface area contributed by atoms with E-state index in [0.717, 1.165) is 27.8 Å². The molecule has 3 rings (SSSR count). The summed E-state index contributed by atoms with van der Waals surface area (Å²) in [6.45, 7) is 2.07. The Balaban J connectivity index is 1.97. The van der Waals surface area contributed by atoms with Crippen LogP contribution in [0.3, 0.4) is 0 Å². The van der Waals surface area contributed by atoms with E-state index in [2.05, 4.69) is 28.9 Å². The summed E-state index contributed by atoms with van der Waals surface area (Å²) < 4.78 is 6.58. The first kappa shape index (κ1) is 13.9. The van der Waals surface area contributed by atoms with Gasteiger partial charge in [-0.25, -0.2) is 0 Å². The Morgan fingerprint density at radius 1 is 1.35 bits per heavy atom. The number of rotatable bonds is 2. The van der Waals surface area contributed by atoms with Crippen molar-refractivity contribution in [3.8, 4) is 5.75 Å². The first-order valence-corrected chi connectivity index (χ1v) is 7.72. The number of hydrogen-bond acceptors (Lipinski definition) is 2. The van der Waals surface area contributed by atoms with Crippen molar-refractivity contribution in [2.24, 2.45) is 5.73 Å². The molecule has 2 N–H and O–H groups in total. The zero-order chi connectivity index (χ0) is 14.3. The van der Waals surface area contributed by atoms with Gasteiger partial charge in [0.05, 0.1) is 11.1 Å². The minimum Gasteiger partial charge on any atom is -0.490 e. The molecule has 1 aliphatic rings. The van der Waals surface area contributed by atoms with Crippen molar-refractivity contribution in [2.45, 2.75) is 25.5 Å². The predicted molar refractivity (Wildman–Crippen MR) is 85.4 cm³/mol. The van der Waals surface area contributed by atoms with E-state index in [9.17, 15) is 0 Å². The second kappa shape index (κ2) is 5.40. The summed E-state index contributed by atoms with van der Waals surface area (Å²) in [5.41, 5.74) is 9.57. The summed E-state index contributed by atoms with van der Waals surface area (Å²) in [5, 5.41) is 0.671. The van der Waals surface area contributed by atoms with Crippen LogP contribution in [0.25, 0.3) is 0 Å². The maximum atomic E-state index is 6.37. The third-order valence-corrected chi connectivity index (χ3v) is 4.91. The average molecular weight is 353 g/mol. The molecule has 2 nitrogen and oxygen atoms in total. The lowest BCUT2D eigenvalue weighted by Gasteiger charge is -2.16. The molecule has 0 saturated carbocycles. The molecule has 104 valence electrons. The lowest BCUT2D eigenvalue weighted by molar-refractivity contribution is 0.254. The van der Waals surface area contributed by atoms with Gasteiger partial charge < -0.3 is 10.5 Å². The molecule has 0 fully saturated rings. The van der Waals surface area contributed by atoms with Gasteiger partial charge in [-0.05, 0) is 51.7 Å². The standard InChI is InChI=1S/C16H15BrClNO/c1-9-7-11-8-10(5-6-14(11)20-9)16(19)12-3-2-4-13(17)15(12)18/h2-6,8-9,16H,7,19H2,1H3. The van der Waals surface area contributed by atoms with Gasteiger partial charge in [-0.15, -0.1) is 0 Å². The van der Waals surface area contributed by atoms with Gasteiger partial charge in [0.2, 0.25) is 0 Å². The van der Waals surface area contributed by atoms with Crippen LogP contribution < -0.4 is 10.5 Å². The van der Waals surface area contributed by atoms with Gasteiger partial charge >= 0.3 is 0 Å². The molecular weight excluding hydrogens is 338 g/mol. The number of benzene rings is 2. The molecular formula is C16H15BrClNO. The van der Waals surface area contributed by atoms with Gasteiger partial charge in [0.1, 0.15) is 11.9 Å². The van der Waals surface area contributed by atoms with E-state index in [1.54, 1.807) is 0 Å². The lowest BCUT2D eigenvalue weighted by atomic mass is 9.97. The van der Waals surface area contributed by atoms with Gasteiger partial charge in [-0.2, -0.15) is 0 Å². The molecule has 0 aliphatic carbocycles. The van der Waals surface area contributed by atoms with E-state index in [1.165, 1.54) is 5.56 Å². The van der Waals surface area contributed by atoms with Gasteiger partial charge in [0, 0.05) is 10.9 Å². The highest BCUT2D eigenvalue weighted by Crippen LogP contribution is 2.35. The fraction of sp³-hybridized carbons (Fsp3) is 0.250. The molecule has 0 radical (unpaired) electrons. The smallest absolute Gasteiger partial charge is 0.123 e. The van der Waals surface area contributed by atoms with Crippen LogP contribution in [0.2, 0.25) is 5.02 Å². The average Bonchev–Trinajstić information content (AvgIpc) is 2.80. The molecule has 0 amide bonds. The van der Waals surface area contributed by atoms with Crippen LogP contribution in [-0.2, 0) is 6.42 Å². The Bertz CT molecular complexity index is 659. The van der Waals surface area contributed by atoms with Crippen molar-refractivity contribution in [1.82, 2.24) is 0 Å². The molecule has 2 atom stereocenters. The second-order valence-corrected chi connectivity index (χ2v) is 6.35. The summed E-state index contributed by atoms with van der Waals surface area (Å²) in [7, 11) is 0. The SMILES string of the molecule is CC1Cc2cc(C(N)c3cccc(Br)c3Cl)ccc2O1. The van der Waals surface area contributed by atoms with Gasteiger partial charge in [-0.3, -0.25) is 0 Å². The van der Waals surface area contributed by atoms with E-state index in [1.807, 2.05) is 30.3 Å². The largest absolute Gasteiger partial charge is 0.490 e. The first-order valence-electron chi connectivity index (χ1n) is 6.55. The van der Waals surface area contributed by atoms with Crippen LogP contribution >= 0.6 is 27.5 Å². The van der Waals surface area contributed by atoms with Crippen molar-refractivity contribution in [1.29, 1.82) is 0 Å². The van der Waals surface area contributed by atoms with Crippen molar-refractivity contribution >= 4 is 27.5 Å². The molecule has 2 aromatic carbocycles. The highest BCUT2D eigenvalue weighted by Gasteiger charge is 2.21. The molecule has 20 heavy (non-hydrogen) atoms. The molecule has 0 aromatic heterocycles. The molecule has 0 saturated heterocycles. The van der Waals surface area contributed by atoms with Crippen LogP contribution in [0, 0.1) is 0 Å². The topological polar surface area (TPSA) is 35.2 Å². The highest BCUT2D eigenvalue weighted by molar-refractivity contribution is 9.10. The Morgan fingerprint density at radius 2 is 2.15 bits per heavy atom. The van der Waals surface area contributed by atoms with E-state index in [-0.39, 0.29) is 12.1 Å². The van der Waals surface area contributed by atoms with Gasteiger partial charge in [0.15, 0.2) is 0 Å². The number of ether oxygens (including phenoxy) is 1. The van der Waals surface area contributed by atoms with Crippen LogP contribution in [-0.4, -0.2) is 6.10 Å². The molecule has 0 spiro atoms. The van der Waals surface area contributed by atoms with E-state index >= 15 is 0 Å². The minimum absolute atomic E-state index is 0.235. The third-order valence-electron chi connectivity index (χ3n) is 3.60. The number of hydrogen-bond donors (Lipinski definition) is 1. The summed E-state index contributed by atoms with van der Waals surface area (Å²) >= 11 is 9.76. The quantitative estimate of drug-likeness (QED) is 0.865. The molecule has 1 heterocycles. The van der Waals surface area contributed by atoms with Crippen LogP contribution in [0.5, 0.6) is 5.75 Å². The fourth-order valence-electron chi connectivity index (χ4n) is 2.58. The number of halogens is 2. The van der Waals surface area contributed by atoms with Crippen molar-refractivity contribution in [3.05, 3.63) is 62.6 Å². The summed E-state index contributed by atoms with van der Waals surface area (Å²) in [4.78, 5) is 0. The fourth-order valence-corrected chi connectivity index (χ4v) is 3.20. The Labute approximate surface area is 132 Å². The maximum Gasteiger partial charge on any atom is 0.123 e. The zero-order valence-corrected chi connectivity index (χ0v) is 13.4. The van der Waals surface area contributed by atoms with Crippen LogP contribution in [0.4, 0.5) is 0 Å². The Kier molecular flexibility index (Phi) is 3.76. The van der Waals surface area contributed by atoms with Gasteiger partial charge in [0.25, 0.3) is 0 Å². The summed E-state index contributed by atoms with van der Waals surface area (Å²) in [5.74, 6) is 0.966. The minimum atomic E-state index is -0.235. The second-order valence-electron chi connectivity index (χ2n) is 5.12. The molecule has 2 unspecified atom stereocenters. The molecule has 4 heteroatoms. The van der Waals surface area contributed by atoms with E-state index < -0.39 is 0 Å². The normalized spacial score (nSPS) is 18.5. The van der Waals surface area contributed by atoms with E-state index in [0.29, 0.717) is 5.02 Å². The van der Waals surface area contributed by atoms with Crippen molar-refractivity contribution < 1.29 is 4.74 Å². The van der Waals surface area contributed by atoms with Crippen LogP contribution in [0.1, 0.15) is 29.7 Å². The predicted octanol–water partition coefficient (Wildman–Crippen LogP) is 4.47. The maximum absolute atomic E-state index is 6.37. The molecule has 2 aromatic rings. The summed E-state index contributed by atoms with van der Waals surface area (Å²) in [6, 6.07) is 11.7. The number of nitrogens with two attached hydrogens (primary N) is 1. The Hall–Kier alpha value is -1.03. The lowest BCUT2D eigenvalue weighted by Crippen LogP contribution is -2.12. The van der Waals surface area contributed by atoms with Crippen LogP contribution in [0.15, 0.2) is 40.9 Å². The number of fused-ring (bicyclic) bond motifs is 1. The highest BCUT2D eigenvalue weighted by atomic mass is 79.9.